The summed E-state index contributed by atoms with van der Waals surface area (Å²) in [6.07, 6.45) is 5.84. The van der Waals surface area contributed by atoms with Crippen molar-refractivity contribution >= 4 is 51.9 Å². The molecule has 3 aliphatic heterocycles. The molecule has 0 bridgehead atoms. The molecule has 2 N–H and O–H groups in total. The van der Waals surface area contributed by atoms with Crippen LogP contribution >= 0.6 is 11.8 Å². The van der Waals surface area contributed by atoms with Crippen LogP contribution in [0.15, 0.2) is 52.4 Å². The number of hydrogen-bond acceptors (Lipinski definition) is 8. The highest BCUT2D eigenvalue weighted by atomic mass is 32.2. The minimum absolute atomic E-state index is 0.0166. The molecule has 208 valence electrons. The Hall–Kier alpha value is -3.86. The van der Waals surface area contributed by atoms with E-state index in [-0.39, 0.29) is 37.0 Å². The number of nitrogens with zero attached hydrogens (tertiary/aromatic N) is 3. The van der Waals surface area contributed by atoms with Gasteiger partial charge in [-0.15, -0.1) is 0 Å². The molecule has 0 aromatic heterocycles. The summed E-state index contributed by atoms with van der Waals surface area (Å²) >= 11 is 1.22. The minimum atomic E-state index is -0.835. The lowest BCUT2D eigenvalue weighted by Crippen LogP contribution is -2.44. The molecule has 40 heavy (non-hydrogen) atoms. The van der Waals surface area contributed by atoms with Crippen LogP contribution in [0, 0.1) is 0 Å². The number of fused-ring (bicyclic) bond motifs is 4. The van der Waals surface area contributed by atoms with Crippen molar-refractivity contribution in [1.29, 1.82) is 0 Å². The fourth-order valence-electron chi connectivity index (χ4n) is 5.37. The normalized spacial score (nSPS) is 20.3. The quantitative estimate of drug-likeness (QED) is 0.518. The van der Waals surface area contributed by atoms with E-state index in [0.29, 0.717) is 40.3 Å². The number of ether oxygens (including phenoxy) is 2. The molecule has 11 heteroatoms. The van der Waals surface area contributed by atoms with E-state index in [1.807, 2.05) is 31.2 Å². The number of amidine groups is 2. The molecule has 3 amide bonds. The van der Waals surface area contributed by atoms with Crippen molar-refractivity contribution in [3.8, 4) is 11.5 Å². The number of para-hydroxylation sites is 1. The summed E-state index contributed by atoms with van der Waals surface area (Å²) in [6, 6.07) is 12.0. The van der Waals surface area contributed by atoms with Crippen LogP contribution in [0.4, 0.5) is 11.4 Å². The summed E-state index contributed by atoms with van der Waals surface area (Å²) in [6.45, 7) is 2.06. The Balaban J connectivity index is 1.19. The Labute approximate surface area is 236 Å². The van der Waals surface area contributed by atoms with Gasteiger partial charge in [-0.3, -0.25) is 19.4 Å². The molecule has 1 saturated carbocycles. The Morgan fingerprint density at radius 1 is 1.10 bits per heavy atom. The molecule has 6 rings (SSSR count). The third-order valence-corrected chi connectivity index (χ3v) is 8.76. The largest absolute Gasteiger partial charge is 0.454 e. The van der Waals surface area contributed by atoms with Crippen LogP contribution in [-0.4, -0.2) is 57.8 Å². The van der Waals surface area contributed by atoms with Crippen molar-refractivity contribution < 1.29 is 23.9 Å². The fourth-order valence-corrected chi connectivity index (χ4v) is 6.39. The van der Waals surface area contributed by atoms with E-state index in [2.05, 4.69) is 10.6 Å². The van der Waals surface area contributed by atoms with Gasteiger partial charge in [0.25, 0.3) is 5.91 Å². The zero-order valence-corrected chi connectivity index (χ0v) is 23.0. The highest BCUT2D eigenvalue weighted by Gasteiger charge is 2.43. The molecule has 2 atom stereocenters. The van der Waals surface area contributed by atoms with Gasteiger partial charge in [-0.05, 0) is 43.5 Å². The summed E-state index contributed by atoms with van der Waals surface area (Å²) < 4.78 is 10.8. The third kappa shape index (κ3) is 5.30. The molecular formula is C29H31N5O5S. The first-order valence-electron chi connectivity index (χ1n) is 13.8. The second-order valence-electron chi connectivity index (χ2n) is 10.2. The van der Waals surface area contributed by atoms with Crippen molar-refractivity contribution in [2.45, 2.75) is 69.2 Å². The van der Waals surface area contributed by atoms with Crippen LogP contribution in [0.25, 0.3) is 0 Å². The average Bonchev–Trinajstić information content (AvgIpc) is 3.56. The van der Waals surface area contributed by atoms with Gasteiger partial charge in [-0.25, -0.2) is 9.89 Å². The number of rotatable bonds is 7. The van der Waals surface area contributed by atoms with E-state index in [9.17, 15) is 14.4 Å². The second kappa shape index (κ2) is 11.3. The Bertz CT molecular complexity index is 1400. The molecule has 1 fully saturated rings. The van der Waals surface area contributed by atoms with Crippen molar-refractivity contribution in [3.63, 3.8) is 0 Å². The van der Waals surface area contributed by atoms with Gasteiger partial charge >= 0.3 is 0 Å². The molecule has 2 aromatic carbocycles. The molecule has 0 unspecified atom stereocenters. The maximum absolute atomic E-state index is 13.6. The smallest absolute Gasteiger partial charge is 0.259 e. The number of aliphatic imine (C=N–C) groups is 2. The number of anilines is 1. The van der Waals surface area contributed by atoms with Gasteiger partial charge in [0.2, 0.25) is 18.6 Å². The maximum atomic E-state index is 13.6. The zero-order chi connectivity index (χ0) is 27.6. The highest BCUT2D eigenvalue weighted by Crippen LogP contribution is 2.37. The van der Waals surface area contributed by atoms with E-state index in [0.717, 1.165) is 31.2 Å². The predicted molar refractivity (Wildman–Crippen MR) is 153 cm³/mol. The first-order chi connectivity index (χ1) is 19.5. The van der Waals surface area contributed by atoms with Crippen LogP contribution in [0.1, 0.15) is 57.4 Å². The molecule has 1 aliphatic carbocycles. The lowest BCUT2D eigenvalue weighted by molar-refractivity contribution is -0.129. The summed E-state index contributed by atoms with van der Waals surface area (Å²) in [5.74, 6) is 0.995. The van der Waals surface area contributed by atoms with Crippen LogP contribution in [0.3, 0.4) is 0 Å². The van der Waals surface area contributed by atoms with Crippen LogP contribution in [-0.2, 0) is 14.4 Å². The summed E-state index contributed by atoms with van der Waals surface area (Å²) in [7, 11) is 0. The Morgan fingerprint density at radius 3 is 2.73 bits per heavy atom. The van der Waals surface area contributed by atoms with Crippen molar-refractivity contribution in [1.82, 2.24) is 10.2 Å². The topological polar surface area (TPSA) is 122 Å². The zero-order valence-electron chi connectivity index (χ0n) is 22.2. The number of amides is 3. The monoisotopic (exact) mass is 561 g/mol. The van der Waals surface area contributed by atoms with Gasteiger partial charge in [0.05, 0.1) is 17.4 Å². The number of thioether (sulfide) groups is 1. The lowest BCUT2D eigenvalue weighted by Gasteiger charge is -2.27. The molecule has 4 aliphatic rings. The summed E-state index contributed by atoms with van der Waals surface area (Å²) in [4.78, 5) is 50.7. The van der Waals surface area contributed by atoms with Crippen molar-refractivity contribution in [2.75, 3.05) is 12.1 Å². The number of hydrogen-bond donors (Lipinski definition) is 2. The maximum Gasteiger partial charge on any atom is 0.259 e. The van der Waals surface area contributed by atoms with Crippen LogP contribution < -0.4 is 20.1 Å². The molecule has 10 nitrogen and oxygen atoms in total. The standard InChI is InChI=1S/C29H31N5O5S/c1-2-24(27(36)31-18-12-13-22-23(14-18)39-16-38-22)40-29-33-20-11-7-6-10-19(20)26-32-21(28(37)34(26)29)15-25(35)30-17-8-4-3-5-9-17/h6-7,10-14,17,21,24H,2-5,8-9,15-16H2,1H3,(H,30,35)(H,31,36)/t21-,24+/m1/s1. The molecule has 0 saturated heterocycles. The molecule has 0 spiro atoms. The lowest BCUT2D eigenvalue weighted by atomic mass is 9.95. The molecule has 3 heterocycles. The van der Waals surface area contributed by atoms with Gasteiger partial charge < -0.3 is 20.1 Å². The first kappa shape index (κ1) is 26.4. The summed E-state index contributed by atoms with van der Waals surface area (Å²) in [5.41, 5.74) is 1.99. The highest BCUT2D eigenvalue weighted by molar-refractivity contribution is 8.15. The van der Waals surface area contributed by atoms with Crippen molar-refractivity contribution in [3.05, 3.63) is 48.0 Å². The van der Waals surface area contributed by atoms with Crippen molar-refractivity contribution in [2.24, 2.45) is 9.98 Å². The number of carbonyl (C=O) groups is 3. The Morgan fingerprint density at radius 2 is 1.90 bits per heavy atom. The van der Waals surface area contributed by atoms with E-state index >= 15 is 0 Å². The van der Waals surface area contributed by atoms with Gasteiger partial charge in [-0.2, -0.15) is 0 Å². The Kier molecular flexibility index (Phi) is 7.46. The van der Waals surface area contributed by atoms with Gasteiger partial charge in [0, 0.05) is 23.4 Å². The van der Waals surface area contributed by atoms with E-state index in [1.165, 1.54) is 23.1 Å². The van der Waals surface area contributed by atoms with E-state index in [4.69, 9.17) is 19.5 Å². The number of nitrogens with one attached hydrogen (secondary N) is 2. The third-order valence-electron chi connectivity index (χ3n) is 7.45. The van der Waals surface area contributed by atoms with Gasteiger partial charge in [-0.1, -0.05) is 50.1 Å². The minimum Gasteiger partial charge on any atom is -0.454 e. The predicted octanol–water partition coefficient (Wildman–Crippen LogP) is 4.36. The van der Waals surface area contributed by atoms with Crippen LogP contribution in [0.2, 0.25) is 0 Å². The van der Waals surface area contributed by atoms with Gasteiger partial charge in [0.1, 0.15) is 11.9 Å². The number of benzene rings is 2. The van der Waals surface area contributed by atoms with E-state index in [1.54, 1.807) is 18.2 Å². The van der Waals surface area contributed by atoms with Gasteiger partial charge in [0.15, 0.2) is 16.7 Å². The summed E-state index contributed by atoms with van der Waals surface area (Å²) in [5, 5.41) is 5.88. The van der Waals surface area contributed by atoms with Crippen LogP contribution in [0.5, 0.6) is 11.5 Å². The average molecular weight is 562 g/mol. The fraction of sp³-hybridized carbons (Fsp3) is 0.414. The van der Waals surface area contributed by atoms with E-state index < -0.39 is 11.3 Å². The first-order valence-corrected chi connectivity index (χ1v) is 14.6. The number of carbonyl (C=O) groups excluding carboxylic acids is 3. The second-order valence-corrected chi connectivity index (χ2v) is 11.4. The SMILES string of the molecule is CC[C@H](SC1=Nc2ccccc2C2=N[C@H](CC(=O)NC3CCCCC3)C(=O)N12)C(=O)Nc1ccc2c(c1)OCO2. The molecule has 0 radical (unpaired) electrons. The molecule has 2 aromatic rings. The molecular weight excluding hydrogens is 530 g/mol.